The standard InChI is InChI=1S/C23H33NOS/c1-5-11-21(25-4)15-14-18(2)12-9-7-6-8-10-13-20-17-26-23(24-20)22-16-19(22)3/h5,7,9-10,12-13,17,19,21-22H,1,6,8,11,14-16H2,2-4H3/b9-7+,13-10-,18-12-/t19?,21-,22?/m0/s1. The Kier molecular flexibility index (Phi) is 9.07. The quantitative estimate of drug-likeness (QED) is 0.226. The summed E-state index contributed by atoms with van der Waals surface area (Å²) >= 11 is 1.81. The highest BCUT2D eigenvalue weighted by molar-refractivity contribution is 7.09. The molecule has 142 valence electrons. The molecule has 0 spiro atoms. The molecule has 2 nitrogen and oxygen atoms in total. The van der Waals surface area contributed by atoms with Crippen LogP contribution in [0.5, 0.6) is 0 Å². The first-order chi connectivity index (χ1) is 12.6. The maximum atomic E-state index is 5.44. The predicted molar refractivity (Wildman–Crippen MR) is 115 cm³/mol. The fraction of sp³-hybridized carbons (Fsp3) is 0.522. The van der Waals surface area contributed by atoms with Gasteiger partial charge in [-0.3, -0.25) is 0 Å². The van der Waals surface area contributed by atoms with Gasteiger partial charge in [-0.1, -0.05) is 42.9 Å². The highest BCUT2D eigenvalue weighted by Crippen LogP contribution is 2.47. The van der Waals surface area contributed by atoms with Crippen LogP contribution in [0.4, 0.5) is 0 Å². The molecule has 0 aliphatic heterocycles. The normalized spacial score (nSPS) is 21.6. The summed E-state index contributed by atoms with van der Waals surface area (Å²) in [6, 6.07) is 0. The Labute approximate surface area is 163 Å². The van der Waals surface area contributed by atoms with E-state index in [4.69, 9.17) is 9.72 Å². The minimum Gasteiger partial charge on any atom is -0.381 e. The van der Waals surface area contributed by atoms with E-state index in [0.29, 0.717) is 6.10 Å². The van der Waals surface area contributed by atoms with Crippen molar-refractivity contribution in [2.24, 2.45) is 5.92 Å². The fourth-order valence-corrected chi connectivity index (χ4v) is 3.96. The smallest absolute Gasteiger partial charge is 0.0966 e. The number of unbranched alkanes of at least 4 members (excludes halogenated alkanes) is 1. The van der Waals surface area contributed by atoms with Gasteiger partial charge in [0.2, 0.25) is 0 Å². The first kappa shape index (κ1) is 20.9. The van der Waals surface area contributed by atoms with Crippen LogP contribution >= 0.6 is 11.3 Å². The highest BCUT2D eigenvalue weighted by Gasteiger charge is 2.36. The predicted octanol–water partition coefficient (Wildman–Crippen LogP) is 6.93. The maximum absolute atomic E-state index is 5.44. The Morgan fingerprint density at radius 3 is 2.88 bits per heavy atom. The van der Waals surface area contributed by atoms with Crippen molar-refractivity contribution < 1.29 is 4.74 Å². The zero-order valence-corrected chi connectivity index (χ0v) is 17.3. The van der Waals surface area contributed by atoms with E-state index in [1.165, 1.54) is 17.0 Å². The van der Waals surface area contributed by atoms with Crippen molar-refractivity contribution in [3.05, 3.63) is 58.6 Å². The van der Waals surface area contributed by atoms with E-state index in [1.54, 1.807) is 7.11 Å². The Morgan fingerprint density at radius 1 is 1.42 bits per heavy atom. The molecule has 0 N–H and O–H groups in total. The van der Waals surface area contributed by atoms with Gasteiger partial charge in [-0.2, -0.15) is 0 Å². The number of allylic oxidation sites excluding steroid dienone is 5. The molecule has 1 aliphatic rings. The van der Waals surface area contributed by atoms with Crippen LogP contribution in [0.1, 0.15) is 69.0 Å². The van der Waals surface area contributed by atoms with Gasteiger partial charge in [0, 0.05) is 18.4 Å². The van der Waals surface area contributed by atoms with Crippen LogP contribution in [0.2, 0.25) is 0 Å². The molecule has 2 rings (SSSR count). The van der Waals surface area contributed by atoms with Crippen molar-refractivity contribution >= 4 is 17.4 Å². The second-order valence-corrected chi connectivity index (χ2v) is 8.16. The molecule has 3 atom stereocenters. The van der Waals surface area contributed by atoms with Crippen molar-refractivity contribution in [2.75, 3.05) is 7.11 Å². The largest absolute Gasteiger partial charge is 0.381 e. The number of aromatic nitrogens is 1. The molecular weight excluding hydrogens is 338 g/mol. The summed E-state index contributed by atoms with van der Waals surface area (Å²) in [6.45, 7) is 8.27. The van der Waals surface area contributed by atoms with Gasteiger partial charge in [0.05, 0.1) is 16.8 Å². The second-order valence-electron chi connectivity index (χ2n) is 7.27. The van der Waals surface area contributed by atoms with Crippen molar-refractivity contribution in [1.29, 1.82) is 0 Å². The molecule has 1 aromatic heterocycles. The van der Waals surface area contributed by atoms with Gasteiger partial charge in [-0.05, 0) is 57.4 Å². The Morgan fingerprint density at radius 2 is 2.19 bits per heavy atom. The molecule has 0 amide bonds. The van der Waals surface area contributed by atoms with Crippen molar-refractivity contribution in [2.45, 2.75) is 64.4 Å². The summed E-state index contributed by atoms with van der Waals surface area (Å²) in [5.41, 5.74) is 2.52. The van der Waals surface area contributed by atoms with Crippen LogP contribution < -0.4 is 0 Å². The summed E-state index contributed by atoms with van der Waals surface area (Å²) in [7, 11) is 1.78. The van der Waals surface area contributed by atoms with Crippen LogP contribution in [0, 0.1) is 5.92 Å². The van der Waals surface area contributed by atoms with Gasteiger partial charge in [0.25, 0.3) is 0 Å². The lowest BCUT2D eigenvalue weighted by Gasteiger charge is -2.12. The summed E-state index contributed by atoms with van der Waals surface area (Å²) in [6.07, 6.45) is 19.7. The number of hydrogen-bond donors (Lipinski definition) is 0. The number of ether oxygens (including phenoxy) is 1. The maximum Gasteiger partial charge on any atom is 0.0966 e. The second kappa shape index (κ2) is 11.3. The molecule has 26 heavy (non-hydrogen) atoms. The SMILES string of the molecule is C=CC[C@@H](CC/C(C)=C\C=C\CC/C=C\c1csc(C2CC2C)n1)OC. The summed E-state index contributed by atoms with van der Waals surface area (Å²) in [5.74, 6) is 1.57. The van der Waals surface area contributed by atoms with Crippen LogP contribution in [-0.2, 0) is 4.74 Å². The molecule has 0 bridgehead atoms. The molecule has 0 saturated heterocycles. The van der Waals surface area contributed by atoms with Gasteiger partial charge in [-0.15, -0.1) is 17.9 Å². The average Bonchev–Trinajstić information content (AvgIpc) is 3.18. The third-order valence-corrected chi connectivity index (χ3v) is 5.89. The van der Waals surface area contributed by atoms with E-state index in [1.807, 2.05) is 17.4 Å². The molecule has 1 aliphatic carbocycles. The molecule has 2 unspecified atom stereocenters. The van der Waals surface area contributed by atoms with E-state index in [-0.39, 0.29) is 0 Å². The lowest BCUT2D eigenvalue weighted by Crippen LogP contribution is -2.08. The summed E-state index contributed by atoms with van der Waals surface area (Å²) in [4.78, 5) is 4.72. The van der Waals surface area contributed by atoms with Crippen LogP contribution in [-0.4, -0.2) is 18.2 Å². The average molecular weight is 372 g/mol. The lowest BCUT2D eigenvalue weighted by molar-refractivity contribution is 0.0981. The van der Waals surface area contributed by atoms with E-state index in [9.17, 15) is 0 Å². The lowest BCUT2D eigenvalue weighted by atomic mass is 10.1. The summed E-state index contributed by atoms with van der Waals surface area (Å²) < 4.78 is 5.44. The number of thiazole rings is 1. The molecule has 1 heterocycles. The van der Waals surface area contributed by atoms with Crippen molar-refractivity contribution in [1.82, 2.24) is 4.98 Å². The van der Waals surface area contributed by atoms with Crippen LogP contribution in [0.25, 0.3) is 6.08 Å². The van der Waals surface area contributed by atoms with E-state index in [0.717, 1.165) is 49.6 Å². The zero-order valence-electron chi connectivity index (χ0n) is 16.5. The third-order valence-electron chi connectivity index (χ3n) is 4.90. The molecular formula is C23H33NOS. The minimum atomic E-state index is 0.291. The molecule has 0 aromatic carbocycles. The Bertz CT molecular complexity index is 640. The number of hydrogen-bond acceptors (Lipinski definition) is 3. The first-order valence-electron chi connectivity index (χ1n) is 9.72. The molecule has 1 fully saturated rings. The van der Waals surface area contributed by atoms with Crippen LogP contribution in [0.15, 0.2) is 47.9 Å². The van der Waals surface area contributed by atoms with Crippen LogP contribution in [0.3, 0.4) is 0 Å². The van der Waals surface area contributed by atoms with Gasteiger partial charge in [-0.25, -0.2) is 4.98 Å². The number of nitrogens with zero attached hydrogens (tertiary/aromatic N) is 1. The van der Waals surface area contributed by atoms with E-state index in [2.05, 4.69) is 56.2 Å². The van der Waals surface area contributed by atoms with Gasteiger partial charge < -0.3 is 4.74 Å². The zero-order chi connectivity index (χ0) is 18.8. The fourth-order valence-electron chi connectivity index (χ4n) is 2.93. The van der Waals surface area contributed by atoms with Gasteiger partial charge in [0.1, 0.15) is 0 Å². The summed E-state index contributed by atoms with van der Waals surface area (Å²) in [5, 5.41) is 3.50. The molecule has 3 heteroatoms. The van der Waals surface area contributed by atoms with E-state index >= 15 is 0 Å². The Balaban J connectivity index is 1.62. The topological polar surface area (TPSA) is 22.1 Å². The molecule has 0 radical (unpaired) electrons. The minimum absolute atomic E-state index is 0.291. The van der Waals surface area contributed by atoms with Crippen molar-refractivity contribution in [3.63, 3.8) is 0 Å². The van der Waals surface area contributed by atoms with E-state index < -0.39 is 0 Å². The molecule has 1 aromatic rings. The Hall–Kier alpha value is -1.45. The third kappa shape index (κ3) is 7.43. The first-order valence-corrected chi connectivity index (χ1v) is 10.6. The number of rotatable bonds is 12. The monoisotopic (exact) mass is 371 g/mol. The van der Waals surface area contributed by atoms with Gasteiger partial charge in [0.15, 0.2) is 0 Å². The highest BCUT2D eigenvalue weighted by atomic mass is 32.1. The molecule has 1 saturated carbocycles. The van der Waals surface area contributed by atoms with Crippen molar-refractivity contribution in [3.8, 4) is 0 Å². The van der Waals surface area contributed by atoms with Gasteiger partial charge >= 0.3 is 0 Å². The number of methoxy groups -OCH3 is 1.